The molecule has 1 aromatic carbocycles. The summed E-state index contributed by atoms with van der Waals surface area (Å²) in [5, 5.41) is 14.3. The lowest BCUT2D eigenvalue weighted by molar-refractivity contribution is -0.385. The molecule has 20 heavy (non-hydrogen) atoms. The lowest BCUT2D eigenvalue weighted by Crippen LogP contribution is -2.17. The number of halogens is 1. The minimum Gasteiger partial charge on any atom is -0.390 e. The molecule has 2 rings (SSSR count). The molecule has 2 aromatic rings. The van der Waals surface area contributed by atoms with Crippen LogP contribution in [-0.2, 0) is 17.9 Å². The quantitative estimate of drug-likeness (QED) is 0.601. The third-order valence-corrected chi connectivity index (χ3v) is 2.48. The first-order valence-corrected chi connectivity index (χ1v) is 5.50. The Labute approximate surface area is 111 Å². The second-order valence-corrected chi connectivity index (χ2v) is 3.89. The number of hydrogen-bond acceptors (Lipinski definition) is 6. The number of nitro groups is 1. The van der Waals surface area contributed by atoms with Gasteiger partial charge in [0.15, 0.2) is 0 Å². The molecule has 0 N–H and O–H groups in total. The molecule has 0 saturated carbocycles. The maximum Gasteiger partial charge on any atom is 0.437 e. The first kappa shape index (κ1) is 13.9. The highest BCUT2D eigenvalue weighted by molar-refractivity contribution is 5.34. The van der Waals surface area contributed by atoms with Gasteiger partial charge in [-0.25, -0.2) is 9.18 Å². The van der Waals surface area contributed by atoms with Gasteiger partial charge >= 0.3 is 5.76 Å². The summed E-state index contributed by atoms with van der Waals surface area (Å²) in [5.41, 5.74) is -0.270. The van der Waals surface area contributed by atoms with Crippen LogP contribution in [0.5, 0.6) is 0 Å². The van der Waals surface area contributed by atoms with Crippen LogP contribution in [0.3, 0.4) is 0 Å². The molecule has 106 valence electrons. The van der Waals surface area contributed by atoms with Crippen molar-refractivity contribution < 1.29 is 18.5 Å². The summed E-state index contributed by atoms with van der Waals surface area (Å²) in [6.07, 6.45) is 0. The Hall–Kier alpha value is -2.55. The number of nitro benzene ring substituents is 1. The highest BCUT2D eigenvalue weighted by Crippen LogP contribution is 2.16. The minimum atomic E-state index is -0.789. The van der Waals surface area contributed by atoms with E-state index in [-0.39, 0.29) is 30.3 Å². The zero-order chi connectivity index (χ0) is 14.7. The van der Waals surface area contributed by atoms with Gasteiger partial charge in [-0.1, -0.05) is 0 Å². The molecule has 1 aromatic heterocycles. The fourth-order valence-electron chi connectivity index (χ4n) is 1.57. The van der Waals surface area contributed by atoms with Crippen molar-refractivity contribution in [2.45, 2.75) is 13.2 Å². The lowest BCUT2D eigenvalue weighted by Gasteiger charge is -2.01. The number of ether oxygens (including phenoxy) is 1. The Bertz CT molecular complexity index is 694. The summed E-state index contributed by atoms with van der Waals surface area (Å²) in [6, 6.07) is 3.17. The maximum atomic E-state index is 13.7. The summed E-state index contributed by atoms with van der Waals surface area (Å²) < 4.78 is 24.1. The van der Waals surface area contributed by atoms with Crippen LogP contribution in [0.25, 0.3) is 0 Å². The predicted molar refractivity (Wildman–Crippen MR) is 63.6 cm³/mol. The Balaban J connectivity index is 2.26. The molecule has 0 amide bonds. The SMILES string of the molecule is COCc1nn(Cc2ccc([N+](=O)[O-])cc2F)c(=O)o1. The lowest BCUT2D eigenvalue weighted by atomic mass is 10.2. The van der Waals surface area contributed by atoms with Gasteiger partial charge in [-0.15, -0.1) is 5.10 Å². The van der Waals surface area contributed by atoms with Crippen LogP contribution in [-0.4, -0.2) is 21.8 Å². The molecule has 0 saturated heterocycles. The molecular weight excluding hydrogens is 273 g/mol. The smallest absolute Gasteiger partial charge is 0.390 e. The van der Waals surface area contributed by atoms with Gasteiger partial charge in [0, 0.05) is 18.7 Å². The molecule has 0 spiro atoms. The second-order valence-electron chi connectivity index (χ2n) is 3.89. The average Bonchev–Trinajstić information content (AvgIpc) is 2.72. The summed E-state index contributed by atoms with van der Waals surface area (Å²) in [6.45, 7) is -0.166. The van der Waals surface area contributed by atoms with Crippen molar-refractivity contribution in [3.8, 4) is 0 Å². The van der Waals surface area contributed by atoms with Gasteiger partial charge < -0.3 is 9.15 Å². The summed E-state index contributed by atoms with van der Waals surface area (Å²) >= 11 is 0. The number of methoxy groups -OCH3 is 1. The monoisotopic (exact) mass is 283 g/mol. The highest BCUT2D eigenvalue weighted by atomic mass is 19.1. The van der Waals surface area contributed by atoms with Crippen molar-refractivity contribution in [1.29, 1.82) is 0 Å². The molecule has 0 atom stereocenters. The van der Waals surface area contributed by atoms with E-state index in [1.165, 1.54) is 13.2 Å². The van der Waals surface area contributed by atoms with Gasteiger partial charge in [-0.2, -0.15) is 4.68 Å². The topological polar surface area (TPSA) is 100 Å². The molecule has 0 radical (unpaired) electrons. The summed E-state index contributed by atoms with van der Waals surface area (Å²) in [7, 11) is 1.41. The van der Waals surface area contributed by atoms with Gasteiger partial charge in [-0.05, 0) is 6.07 Å². The zero-order valence-electron chi connectivity index (χ0n) is 10.4. The normalized spacial score (nSPS) is 10.7. The second kappa shape index (κ2) is 5.61. The van der Waals surface area contributed by atoms with E-state index in [2.05, 4.69) is 5.10 Å². The Morgan fingerprint density at radius 1 is 1.55 bits per heavy atom. The predicted octanol–water partition coefficient (Wildman–Crippen LogP) is 1.08. The van der Waals surface area contributed by atoms with E-state index >= 15 is 0 Å². The maximum absolute atomic E-state index is 13.7. The number of rotatable bonds is 5. The molecule has 0 bridgehead atoms. The summed E-state index contributed by atoms with van der Waals surface area (Å²) in [5.74, 6) is -1.47. The zero-order valence-corrected chi connectivity index (χ0v) is 10.4. The van der Waals surface area contributed by atoms with E-state index in [9.17, 15) is 19.3 Å². The van der Waals surface area contributed by atoms with E-state index in [1.807, 2.05) is 0 Å². The Morgan fingerprint density at radius 2 is 2.30 bits per heavy atom. The molecule has 0 aliphatic heterocycles. The van der Waals surface area contributed by atoms with Gasteiger partial charge in [-0.3, -0.25) is 10.1 Å². The molecule has 8 nitrogen and oxygen atoms in total. The third-order valence-electron chi connectivity index (χ3n) is 2.48. The van der Waals surface area contributed by atoms with Gasteiger partial charge in [0.05, 0.1) is 17.5 Å². The molecule has 9 heteroatoms. The van der Waals surface area contributed by atoms with Crippen LogP contribution in [0.4, 0.5) is 10.1 Å². The molecular formula is C11H10FN3O5. The van der Waals surface area contributed by atoms with Crippen LogP contribution in [0.1, 0.15) is 11.5 Å². The number of nitrogens with zero attached hydrogens (tertiary/aromatic N) is 3. The van der Waals surface area contributed by atoms with Crippen molar-refractivity contribution in [2.75, 3.05) is 7.11 Å². The molecule has 0 unspecified atom stereocenters. The van der Waals surface area contributed by atoms with Crippen molar-refractivity contribution in [3.05, 3.63) is 56.1 Å². The molecule has 0 aliphatic carbocycles. The fraction of sp³-hybridized carbons (Fsp3) is 0.273. The Morgan fingerprint density at radius 3 is 2.90 bits per heavy atom. The van der Waals surface area contributed by atoms with Gasteiger partial charge in [0.25, 0.3) is 5.69 Å². The first-order valence-electron chi connectivity index (χ1n) is 5.50. The van der Waals surface area contributed by atoms with Crippen molar-refractivity contribution in [2.24, 2.45) is 0 Å². The number of non-ortho nitro benzene ring substituents is 1. The van der Waals surface area contributed by atoms with E-state index in [4.69, 9.17) is 9.15 Å². The first-order chi connectivity index (χ1) is 9.51. The Kier molecular flexibility index (Phi) is 3.89. The van der Waals surface area contributed by atoms with Crippen LogP contribution in [0.15, 0.2) is 27.4 Å². The van der Waals surface area contributed by atoms with E-state index in [0.717, 1.165) is 16.8 Å². The van der Waals surface area contributed by atoms with Crippen LogP contribution in [0, 0.1) is 15.9 Å². The van der Waals surface area contributed by atoms with E-state index in [0.29, 0.717) is 0 Å². The standard InChI is InChI=1S/C11H10FN3O5/c1-19-6-10-13-14(11(16)20-10)5-7-2-3-8(15(17)18)4-9(7)12/h2-4H,5-6H2,1H3. The molecule has 0 aliphatic rings. The van der Waals surface area contributed by atoms with Crippen molar-refractivity contribution in [1.82, 2.24) is 9.78 Å². The average molecular weight is 283 g/mol. The molecule has 1 heterocycles. The number of benzene rings is 1. The van der Waals surface area contributed by atoms with Crippen LogP contribution in [0.2, 0.25) is 0 Å². The number of hydrogen-bond donors (Lipinski definition) is 0. The highest BCUT2D eigenvalue weighted by Gasteiger charge is 2.14. The largest absolute Gasteiger partial charge is 0.437 e. The van der Waals surface area contributed by atoms with Gasteiger partial charge in [0.1, 0.15) is 12.4 Å². The number of aromatic nitrogens is 2. The van der Waals surface area contributed by atoms with E-state index in [1.54, 1.807) is 0 Å². The fourth-order valence-corrected chi connectivity index (χ4v) is 1.57. The molecule has 0 fully saturated rings. The minimum absolute atomic E-state index is 0.0188. The third kappa shape index (κ3) is 2.88. The van der Waals surface area contributed by atoms with Crippen LogP contribution >= 0.6 is 0 Å². The van der Waals surface area contributed by atoms with E-state index < -0.39 is 16.5 Å². The van der Waals surface area contributed by atoms with Crippen LogP contribution < -0.4 is 5.76 Å². The van der Waals surface area contributed by atoms with Gasteiger partial charge in [0.2, 0.25) is 5.89 Å². The van der Waals surface area contributed by atoms with Crippen molar-refractivity contribution >= 4 is 5.69 Å². The summed E-state index contributed by atoms with van der Waals surface area (Å²) in [4.78, 5) is 21.2. The van der Waals surface area contributed by atoms with Crippen molar-refractivity contribution in [3.63, 3.8) is 0 Å².